The van der Waals surface area contributed by atoms with Crippen LogP contribution in [0.3, 0.4) is 0 Å². The molecular formula is C46H51ClN8O7S. The smallest absolute Gasteiger partial charge is 0.293 e. The van der Waals surface area contributed by atoms with Gasteiger partial charge in [0.15, 0.2) is 0 Å². The summed E-state index contributed by atoms with van der Waals surface area (Å²) in [5, 5.41) is 17.0. The van der Waals surface area contributed by atoms with Gasteiger partial charge in [-0.3, -0.25) is 24.7 Å². The lowest BCUT2D eigenvalue weighted by Gasteiger charge is -2.39. The number of sulfonamides is 1. The van der Waals surface area contributed by atoms with Crippen LogP contribution in [0.5, 0.6) is 11.5 Å². The van der Waals surface area contributed by atoms with Crippen LogP contribution >= 0.6 is 11.6 Å². The van der Waals surface area contributed by atoms with Crippen molar-refractivity contribution in [3.8, 4) is 11.5 Å². The van der Waals surface area contributed by atoms with E-state index in [2.05, 4.69) is 60.7 Å². The molecule has 3 aliphatic heterocycles. The number of amides is 1. The van der Waals surface area contributed by atoms with Crippen molar-refractivity contribution in [3.63, 3.8) is 0 Å². The van der Waals surface area contributed by atoms with E-state index in [0.29, 0.717) is 37.2 Å². The predicted octanol–water partition coefficient (Wildman–Crippen LogP) is 7.71. The minimum Gasteiger partial charge on any atom is -0.455 e. The van der Waals surface area contributed by atoms with Crippen LogP contribution in [0.25, 0.3) is 16.6 Å². The van der Waals surface area contributed by atoms with Crippen molar-refractivity contribution in [2.75, 3.05) is 69.2 Å². The molecule has 3 fully saturated rings. The average molecular weight is 895 g/mol. The molecule has 1 aliphatic carbocycles. The highest BCUT2D eigenvalue weighted by atomic mass is 35.5. The Bertz CT molecular complexity index is 2680. The molecule has 2 aromatic heterocycles. The predicted molar refractivity (Wildman–Crippen MR) is 243 cm³/mol. The zero-order chi connectivity index (χ0) is 43.9. The van der Waals surface area contributed by atoms with Gasteiger partial charge in [-0.15, -0.1) is 0 Å². The second-order valence-corrected chi connectivity index (χ2v) is 19.9. The number of nitro groups is 1. The molecule has 17 heteroatoms. The molecule has 5 heterocycles. The lowest BCUT2D eigenvalue weighted by atomic mass is 9.72. The van der Waals surface area contributed by atoms with E-state index < -0.39 is 31.4 Å². The second-order valence-electron chi connectivity index (χ2n) is 17.7. The summed E-state index contributed by atoms with van der Waals surface area (Å²) in [6.07, 6.45) is 7.27. The first-order valence-electron chi connectivity index (χ1n) is 21.4. The van der Waals surface area contributed by atoms with Gasteiger partial charge in [-0.05, 0) is 90.8 Å². The Morgan fingerprint density at radius 1 is 1.03 bits per heavy atom. The molecule has 5 aromatic rings. The molecule has 63 heavy (non-hydrogen) atoms. The van der Waals surface area contributed by atoms with Crippen LogP contribution in [0.15, 0.2) is 95.7 Å². The Morgan fingerprint density at radius 2 is 1.83 bits per heavy atom. The molecular weight excluding hydrogens is 844 g/mol. The van der Waals surface area contributed by atoms with Crippen molar-refractivity contribution in [1.29, 1.82) is 0 Å². The normalized spacial score (nSPS) is 19.9. The van der Waals surface area contributed by atoms with Gasteiger partial charge in [0.05, 0.1) is 40.8 Å². The maximum Gasteiger partial charge on any atom is 0.293 e. The summed E-state index contributed by atoms with van der Waals surface area (Å²) < 4.78 is 41.3. The molecule has 0 spiro atoms. The fraction of sp³-hybridized carbons (Fsp3) is 0.391. The van der Waals surface area contributed by atoms with Gasteiger partial charge in [-0.25, -0.2) is 18.1 Å². The number of carbonyl (C=O) groups excluding carboxylic acids is 1. The number of nitro benzene ring substituents is 1. The molecule has 330 valence electrons. The minimum atomic E-state index is -4.57. The number of rotatable bonds is 13. The summed E-state index contributed by atoms with van der Waals surface area (Å²) in [5.74, 6) is -0.466. The van der Waals surface area contributed by atoms with Crippen molar-refractivity contribution in [1.82, 2.24) is 24.5 Å². The molecule has 0 bridgehead atoms. The molecule has 1 amide bonds. The number of aromatic nitrogens is 2. The summed E-state index contributed by atoms with van der Waals surface area (Å²) >= 11 is 6.24. The fourth-order valence-corrected chi connectivity index (χ4v) is 10.2. The molecule has 0 radical (unpaired) electrons. The van der Waals surface area contributed by atoms with E-state index in [1.54, 1.807) is 30.5 Å². The Kier molecular flexibility index (Phi) is 11.9. The number of hydrogen-bond donors (Lipinski definition) is 3. The lowest BCUT2D eigenvalue weighted by Crippen LogP contribution is -2.48. The molecule has 3 N–H and O–H groups in total. The number of ether oxygens (including phenoxy) is 2. The number of fused-ring (bicyclic) bond motifs is 1. The maximum atomic E-state index is 14.0. The van der Waals surface area contributed by atoms with Crippen molar-refractivity contribution < 1.29 is 27.6 Å². The number of pyridine rings is 1. The highest BCUT2D eigenvalue weighted by Gasteiger charge is 2.34. The number of halogens is 1. The number of likely N-dealkylation sites (tertiary alicyclic amines) is 1. The lowest BCUT2D eigenvalue weighted by molar-refractivity contribution is -0.384. The zero-order valence-corrected chi connectivity index (χ0v) is 36.9. The molecule has 0 saturated carbocycles. The first-order chi connectivity index (χ1) is 30.3. The van der Waals surface area contributed by atoms with E-state index in [1.165, 1.54) is 35.0 Å². The van der Waals surface area contributed by atoms with Gasteiger partial charge in [0.2, 0.25) is 0 Å². The number of anilines is 2. The third kappa shape index (κ3) is 9.55. The number of nitrogens with one attached hydrogen (secondary N) is 3. The Hall–Kier alpha value is -5.52. The molecule has 9 rings (SSSR count). The zero-order valence-electron chi connectivity index (χ0n) is 35.3. The number of allylic oxidation sites excluding steroid dienone is 1. The summed E-state index contributed by atoms with van der Waals surface area (Å²) in [6.45, 7) is 11.5. The number of piperazine rings is 1. The van der Waals surface area contributed by atoms with E-state index in [-0.39, 0.29) is 28.5 Å². The van der Waals surface area contributed by atoms with Crippen LogP contribution < -0.4 is 19.7 Å². The van der Waals surface area contributed by atoms with Gasteiger partial charge in [-0.1, -0.05) is 43.2 Å². The first kappa shape index (κ1) is 42.8. The van der Waals surface area contributed by atoms with Gasteiger partial charge in [0, 0.05) is 86.3 Å². The summed E-state index contributed by atoms with van der Waals surface area (Å²) in [5.41, 5.74) is 5.58. The largest absolute Gasteiger partial charge is 0.455 e. The highest BCUT2D eigenvalue weighted by molar-refractivity contribution is 7.90. The van der Waals surface area contributed by atoms with E-state index in [4.69, 9.17) is 21.1 Å². The SMILES string of the molecule is CC1(C)CCC(CN2CCN(c3ccc(C(=O)NS(=O)(=O)c4ccc(NC5CCN(C6COC6)C5)c([N+](=O)[O-])c4)c(Oc4cnc5[nH]ccc5c4)c3)CC2)=C(c2ccc(Cl)cc2)C1. The quantitative estimate of drug-likeness (QED) is 0.0777. The minimum absolute atomic E-state index is 0.0348. The standard InChI is InChI=1S/C46H51ClN8O7S/c1-46(2)14-11-32(40(24-46)30-3-5-33(47)6-4-30)26-52-17-19-53(20-18-52)35-7-9-39(43(22-35)62-37-21-31-12-15-48-44(31)49-25-37)45(56)51-63(59,60)38-8-10-41(42(23-38)55(57)58)50-34-13-16-54(27-34)36-28-61-29-36/h3-10,12,15,21-23,25,34,36,50H,11,13-14,16-20,24,26-29H2,1-2H3,(H,48,49)(H,51,56). The van der Waals surface area contributed by atoms with Crippen molar-refractivity contribution in [2.24, 2.45) is 5.41 Å². The van der Waals surface area contributed by atoms with Crippen molar-refractivity contribution in [3.05, 3.63) is 117 Å². The summed E-state index contributed by atoms with van der Waals surface area (Å²) in [7, 11) is -4.57. The molecule has 3 aromatic carbocycles. The van der Waals surface area contributed by atoms with E-state index in [9.17, 15) is 23.3 Å². The van der Waals surface area contributed by atoms with Crippen LogP contribution in [0.4, 0.5) is 17.1 Å². The van der Waals surface area contributed by atoms with E-state index in [1.807, 2.05) is 18.2 Å². The molecule has 1 atom stereocenters. The van der Waals surface area contributed by atoms with Gasteiger partial charge >= 0.3 is 0 Å². The first-order valence-corrected chi connectivity index (χ1v) is 23.3. The summed E-state index contributed by atoms with van der Waals surface area (Å²) in [6, 6.07) is 20.8. The van der Waals surface area contributed by atoms with Crippen LogP contribution in [0.1, 0.15) is 55.5 Å². The van der Waals surface area contributed by atoms with Gasteiger partial charge in [-0.2, -0.15) is 0 Å². The van der Waals surface area contributed by atoms with E-state index in [0.717, 1.165) is 87.1 Å². The number of H-pyrrole nitrogens is 1. The monoisotopic (exact) mass is 894 g/mol. The van der Waals surface area contributed by atoms with Gasteiger partial charge in [0.1, 0.15) is 22.8 Å². The van der Waals surface area contributed by atoms with Crippen LogP contribution in [0, 0.1) is 15.5 Å². The Labute approximate surface area is 371 Å². The number of hydrogen-bond acceptors (Lipinski definition) is 12. The van der Waals surface area contributed by atoms with E-state index >= 15 is 0 Å². The highest BCUT2D eigenvalue weighted by Crippen LogP contribution is 2.43. The number of benzene rings is 3. The maximum absolute atomic E-state index is 14.0. The fourth-order valence-electron chi connectivity index (χ4n) is 9.06. The molecule has 15 nitrogen and oxygen atoms in total. The Balaban J connectivity index is 0.923. The third-order valence-corrected chi connectivity index (χ3v) is 14.3. The van der Waals surface area contributed by atoms with Crippen LogP contribution in [-0.2, 0) is 14.8 Å². The third-order valence-electron chi connectivity index (χ3n) is 12.8. The number of nitrogens with zero attached hydrogens (tertiary/aromatic N) is 5. The average Bonchev–Trinajstić information content (AvgIpc) is 3.90. The summed E-state index contributed by atoms with van der Waals surface area (Å²) in [4.78, 5) is 39.6. The van der Waals surface area contributed by atoms with Crippen molar-refractivity contribution in [2.45, 2.75) is 56.5 Å². The second kappa shape index (κ2) is 17.6. The molecule has 1 unspecified atom stereocenters. The van der Waals surface area contributed by atoms with Crippen molar-refractivity contribution >= 4 is 61.2 Å². The topological polar surface area (TPSA) is 175 Å². The van der Waals surface area contributed by atoms with Crippen LogP contribution in [-0.4, -0.2) is 110 Å². The molecule has 3 saturated heterocycles. The number of aromatic amines is 1. The van der Waals surface area contributed by atoms with Gasteiger partial charge < -0.3 is 24.7 Å². The molecule has 4 aliphatic rings. The Morgan fingerprint density at radius 3 is 2.57 bits per heavy atom. The van der Waals surface area contributed by atoms with Crippen LogP contribution in [0.2, 0.25) is 5.02 Å². The number of carbonyl (C=O) groups is 1. The van der Waals surface area contributed by atoms with Gasteiger partial charge in [0.25, 0.3) is 21.6 Å².